The third-order valence-corrected chi connectivity index (χ3v) is 5.93. The number of aryl methyl sites for hydroxylation is 2. The molecule has 2 aromatic carbocycles. The summed E-state index contributed by atoms with van der Waals surface area (Å²) in [5.74, 6) is 1.33. The number of likely N-dealkylation sites (N-methyl/N-ethyl adjacent to an activating group) is 1. The van der Waals surface area contributed by atoms with Crippen molar-refractivity contribution in [3.8, 4) is 11.5 Å². The molecule has 0 radical (unpaired) electrons. The molecule has 1 aliphatic heterocycles. The van der Waals surface area contributed by atoms with Gasteiger partial charge in [0.2, 0.25) is 6.79 Å². The first-order valence-corrected chi connectivity index (χ1v) is 10.6. The van der Waals surface area contributed by atoms with E-state index in [2.05, 4.69) is 30.9 Å². The van der Waals surface area contributed by atoms with Gasteiger partial charge in [-0.15, -0.1) is 12.4 Å². The van der Waals surface area contributed by atoms with Crippen LogP contribution in [0.2, 0.25) is 0 Å². The van der Waals surface area contributed by atoms with Crippen molar-refractivity contribution >= 4 is 51.1 Å². The van der Waals surface area contributed by atoms with Crippen LogP contribution in [0.5, 0.6) is 11.5 Å². The van der Waals surface area contributed by atoms with E-state index in [9.17, 15) is 4.79 Å². The average Bonchev–Trinajstić information content (AvgIpc) is 3.32. The molecule has 31 heavy (non-hydrogen) atoms. The van der Waals surface area contributed by atoms with Crippen LogP contribution in [0.15, 0.2) is 36.4 Å². The van der Waals surface area contributed by atoms with Crippen LogP contribution in [0.4, 0.5) is 5.13 Å². The highest BCUT2D eigenvalue weighted by Gasteiger charge is 2.19. The first-order chi connectivity index (χ1) is 14.4. The Hall–Kier alpha value is -2.61. The first-order valence-electron chi connectivity index (χ1n) is 9.82. The van der Waals surface area contributed by atoms with Crippen molar-refractivity contribution in [1.29, 1.82) is 0 Å². The van der Waals surface area contributed by atoms with Gasteiger partial charge in [-0.3, -0.25) is 9.69 Å². The number of anilines is 1. The maximum Gasteiger partial charge on any atom is 0.252 e. The lowest BCUT2D eigenvalue weighted by Gasteiger charge is -2.20. The van der Waals surface area contributed by atoms with E-state index in [-0.39, 0.29) is 25.1 Å². The van der Waals surface area contributed by atoms with Crippen LogP contribution < -0.4 is 14.4 Å². The molecule has 0 fully saturated rings. The number of nitrogens with zero attached hydrogens (tertiary/aromatic N) is 3. The number of benzene rings is 2. The fraction of sp³-hybridized carbons (Fsp3) is 0.304. The predicted molar refractivity (Wildman–Crippen MR) is 129 cm³/mol. The molecule has 0 spiro atoms. The van der Waals surface area contributed by atoms with Crippen molar-refractivity contribution in [2.45, 2.75) is 13.8 Å². The fourth-order valence-electron chi connectivity index (χ4n) is 3.35. The number of rotatable bonds is 6. The Morgan fingerprint density at radius 1 is 1.13 bits per heavy atom. The summed E-state index contributed by atoms with van der Waals surface area (Å²) >= 11 is 1.56. The molecule has 0 saturated heterocycles. The largest absolute Gasteiger partial charge is 0.454 e. The van der Waals surface area contributed by atoms with Crippen LogP contribution in [0.25, 0.3) is 16.3 Å². The van der Waals surface area contributed by atoms with E-state index in [1.165, 1.54) is 5.56 Å². The minimum absolute atomic E-state index is 0. The van der Waals surface area contributed by atoms with E-state index in [0.717, 1.165) is 38.8 Å². The molecule has 8 heteroatoms. The minimum Gasteiger partial charge on any atom is -0.454 e. The van der Waals surface area contributed by atoms with Gasteiger partial charge in [0.05, 0.1) is 10.2 Å². The Labute approximate surface area is 192 Å². The maximum absolute atomic E-state index is 13.1. The normalized spacial score (nSPS) is 12.5. The number of hydrogen-bond acceptors (Lipinski definition) is 6. The predicted octanol–water partition coefficient (Wildman–Crippen LogP) is 4.67. The topological polar surface area (TPSA) is 54.9 Å². The van der Waals surface area contributed by atoms with Gasteiger partial charge in [-0.1, -0.05) is 23.5 Å². The highest BCUT2D eigenvalue weighted by molar-refractivity contribution is 7.22. The Bertz CT molecular complexity index is 1130. The first kappa shape index (κ1) is 23.1. The zero-order valence-electron chi connectivity index (χ0n) is 18.0. The Balaban J connectivity index is 0.00000272. The van der Waals surface area contributed by atoms with Gasteiger partial charge in [0.25, 0.3) is 5.91 Å². The zero-order valence-corrected chi connectivity index (χ0v) is 19.7. The monoisotopic (exact) mass is 459 g/mol. The van der Waals surface area contributed by atoms with Gasteiger partial charge in [0, 0.05) is 19.2 Å². The number of aromatic nitrogens is 1. The Morgan fingerprint density at radius 2 is 1.90 bits per heavy atom. The molecule has 0 saturated carbocycles. The highest BCUT2D eigenvalue weighted by atomic mass is 35.5. The van der Waals surface area contributed by atoms with E-state index >= 15 is 0 Å². The van der Waals surface area contributed by atoms with Crippen LogP contribution in [0.3, 0.4) is 0 Å². The van der Waals surface area contributed by atoms with Crippen molar-refractivity contribution in [1.82, 2.24) is 9.88 Å². The van der Waals surface area contributed by atoms with Crippen LogP contribution in [-0.4, -0.2) is 49.8 Å². The summed E-state index contributed by atoms with van der Waals surface area (Å²) in [6.45, 7) is 5.68. The minimum atomic E-state index is -0.0945. The summed E-state index contributed by atoms with van der Waals surface area (Å²) in [5.41, 5.74) is 4.17. The number of thiazole rings is 1. The number of amides is 1. The molecule has 3 aromatic rings. The van der Waals surface area contributed by atoms with Crippen molar-refractivity contribution in [3.05, 3.63) is 53.1 Å². The molecule has 4 rings (SSSR count). The quantitative estimate of drug-likeness (QED) is 0.501. The molecule has 164 valence electrons. The smallest absolute Gasteiger partial charge is 0.252 e. The molecule has 1 amide bonds. The lowest BCUT2D eigenvalue weighted by Crippen LogP contribution is -2.35. The summed E-state index contributed by atoms with van der Waals surface area (Å²) in [6.07, 6.45) is 3.40. The lowest BCUT2D eigenvalue weighted by atomic mass is 10.1. The van der Waals surface area contributed by atoms with Gasteiger partial charge < -0.3 is 14.4 Å². The van der Waals surface area contributed by atoms with Crippen LogP contribution in [0, 0.1) is 13.8 Å². The third-order valence-electron chi connectivity index (χ3n) is 4.90. The van der Waals surface area contributed by atoms with Crippen molar-refractivity contribution in [2.24, 2.45) is 0 Å². The highest BCUT2D eigenvalue weighted by Crippen LogP contribution is 2.33. The summed E-state index contributed by atoms with van der Waals surface area (Å²) in [4.78, 5) is 21.7. The molecule has 0 aliphatic carbocycles. The number of ether oxygens (including phenoxy) is 2. The van der Waals surface area contributed by atoms with E-state index in [0.29, 0.717) is 12.3 Å². The molecule has 0 N–H and O–H groups in total. The second-order valence-corrected chi connectivity index (χ2v) is 8.67. The van der Waals surface area contributed by atoms with Crippen LogP contribution >= 0.6 is 23.7 Å². The van der Waals surface area contributed by atoms with Crippen LogP contribution in [-0.2, 0) is 4.79 Å². The van der Waals surface area contributed by atoms with Crippen molar-refractivity contribution in [3.63, 3.8) is 0 Å². The number of carbonyl (C=O) groups is 1. The van der Waals surface area contributed by atoms with Crippen molar-refractivity contribution < 1.29 is 14.3 Å². The van der Waals surface area contributed by atoms with Gasteiger partial charge >= 0.3 is 0 Å². The lowest BCUT2D eigenvalue weighted by molar-refractivity contribution is -0.114. The summed E-state index contributed by atoms with van der Waals surface area (Å²) < 4.78 is 11.9. The summed E-state index contributed by atoms with van der Waals surface area (Å²) in [7, 11) is 3.99. The average molecular weight is 460 g/mol. The molecule has 1 aliphatic rings. The Morgan fingerprint density at radius 3 is 2.68 bits per heavy atom. The molecule has 0 unspecified atom stereocenters. The van der Waals surface area contributed by atoms with Gasteiger partial charge in [-0.2, -0.15) is 0 Å². The third kappa shape index (κ3) is 5.18. The van der Waals surface area contributed by atoms with Gasteiger partial charge in [0.1, 0.15) is 0 Å². The molecule has 6 nitrogen and oxygen atoms in total. The second kappa shape index (κ2) is 9.68. The maximum atomic E-state index is 13.1. The van der Waals surface area contributed by atoms with Gasteiger partial charge in [0.15, 0.2) is 16.6 Å². The molecule has 0 atom stereocenters. The SMILES string of the molecule is Cc1cc(C)c2nc(N(CCN(C)C)C(=O)C=Cc3ccc4c(c3)OCO4)sc2c1.Cl. The second-order valence-electron chi connectivity index (χ2n) is 7.66. The summed E-state index contributed by atoms with van der Waals surface area (Å²) in [6, 6.07) is 9.89. The van der Waals surface area contributed by atoms with E-state index in [1.807, 2.05) is 32.3 Å². The van der Waals surface area contributed by atoms with Gasteiger partial charge in [-0.25, -0.2) is 4.98 Å². The van der Waals surface area contributed by atoms with E-state index in [4.69, 9.17) is 14.5 Å². The Kier molecular flexibility index (Phi) is 7.20. The molecular formula is C23H26ClN3O3S. The van der Waals surface area contributed by atoms with E-state index < -0.39 is 0 Å². The van der Waals surface area contributed by atoms with Crippen molar-refractivity contribution in [2.75, 3.05) is 38.9 Å². The van der Waals surface area contributed by atoms with E-state index in [1.54, 1.807) is 28.4 Å². The zero-order chi connectivity index (χ0) is 21.3. The summed E-state index contributed by atoms with van der Waals surface area (Å²) in [5, 5.41) is 0.723. The molecule has 2 heterocycles. The number of carbonyl (C=O) groups excluding carboxylic acids is 1. The molecule has 1 aromatic heterocycles. The number of halogens is 1. The van der Waals surface area contributed by atoms with Crippen LogP contribution in [0.1, 0.15) is 16.7 Å². The molecule has 0 bridgehead atoms. The fourth-order valence-corrected chi connectivity index (χ4v) is 4.52. The molecular weight excluding hydrogens is 434 g/mol. The standard InChI is InChI=1S/C23H25N3O3S.ClH/c1-15-11-16(2)22-20(12-15)30-23(24-22)26(10-9-25(3)4)21(27)8-6-17-5-7-18-19(13-17)29-14-28-18;/h5-8,11-13H,9-10,14H2,1-4H3;1H. The van der Waals surface area contributed by atoms with Gasteiger partial charge in [-0.05, 0) is 68.9 Å². The number of fused-ring (bicyclic) bond motifs is 2. The number of hydrogen-bond donors (Lipinski definition) is 0.